The molecule has 0 unspecified atom stereocenters. The summed E-state index contributed by atoms with van der Waals surface area (Å²) in [5.41, 5.74) is 6.98. The van der Waals surface area contributed by atoms with Crippen LogP contribution in [0.15, 0.2) is 18.2 Å². The first-order chi connectivity index (χ1) is 9.10. The van der Waals surface area contributed by atoms with Gasteiger partial charge in [0.25, 0.3) is 0 Å². The minimum Gasteiger partial charge on any atom is -0.320 e. The normalized spacial score (nSPS) is 10.7. The Morgan fingerprint density at radius 1 is 1.26 bits per heavy atom. The second-order valence-corrected chi connectivity index (χ2v) is 4.74. The largest absolute Gasteiger partial charge is 0.320 e. The summed E-state index contributed by atoms with van der Waals surface area (Å²) in [4.78, 5) is 2.26. The Bertz CT molecular complexity index is 456. The molecule has 104 valence electrons. The summed E-state index contributed by atoms with van der Waals surface area (Å²) in [5.74, 6) is 5.40. The van der Waals surface area contributed by atoms with Gasteiger partial charge in [0.05, 0.1) is 6.54 Å². The highest BCUT2D eigenvalue weighted by Gasteiger charge is 2.11. The molecule has 0 aromatic heterocycles. The molecule has 0 amide bonds. The molecule has 1 aromatic carbocycles. The molecule has 0 radical (unpaired) electrons. The Labute approximate surface area is 115 Å². The van der Waals surface area contributed by atoms with E-state index >= 15 is 0 Å². The maximum absolute atomic E-state index is 13.6. The van der Waals surface area contributed by atoms with Crippen LogP contribution in [0.1, 0.15) is 37.8 Å². The van der Waals surface area contributed by atoms with Crippen LogP contribution < -0.4 is 5.73 Å². The van der Waals surface area contributed by atoms with Crippen molar-refractivity contribution in [1.29, 1.82) is 0 Å². The smallest absolute Gasteiger partial charge is 0.124 e. The lowest BCUT2D eigenvalue weighted by Gasteiger charge is -2.26. The standard InChI is InChI=1S/C16H23FN2/c1-4-16(5-2)19(3)12-14-9-13(7-6-8-18)10-15(17)11-14/h9-11,16H,4-5,8,12,18H2,1-3H3. The van der Waals surface area contributed by atoms with Gasteiger partial charge in [0.2, 0.25) is 0 Å². The molecule has 0 spiro atoms. The average molecular weight is 262 g/mol. The number of nitrogens with two attached hydrogens (primary N) is 1. The minimum atomic E-state index is -0.239. The molecule has 0 saturated carbocycles. The third-order valence-electron chi connectivity index (χ3n) is 3.29. The number of rotatable bonds is 5. The van der Waals surface area contributed by atoms with Crippen LogP contribution in [0.3, 0.4) is 0 Å². The van der Waals surface area contributed by atoms with Gasteiger partial charge in [-0.3, -0.25) is 4.90 Å². The molecule has 0 aliphatic rings. The molecule has 0 atom stereocenters. The Morgan fingerprint density at radius 2 is 1.95 bits per heavy atom. The summed E-state index contributed by atoms with van der Waals surface area (Å²) >= 11 is 0. The van der Waals surface area contributed by atoms with E-state index in [2.05, 4.69) is 37.6 Å². The fourth-order valence-corrected chi connectivity index (χ4v) is 2.30. The first-order valence-electron chi connectivity index (χ1n) is 6.79. The lowest BCUT2D eigenvalue weighted by Crippen LogP contribution is -2.30. The quantitative estimate of drug-likeness (QED) is 0.827. The second kappa shape index (κ2) is 7.93. The fraction of sp³-hybridized carbons (Fsp3) is 0.500. The first-order valence-corrected chi connectivity index (χ1v) is 6.79. The van der Waals surface area contributed by atoms with Crippen molar-refractivity contribution in [3.05, 3.63) is 35.1 Å². The molecule has 1 rings (SSSR count). The number of benzene rings is 1. The van der Waals surface area contributed by atoms with Gasteiger partial charge in [0, 0.05) is 18.2 Å². The van der Waals surface area contributed by atoms with E-state index in [4.69, 9.17) is 5.73 Å². The summed E-state index contributed by atoms with van der Waals surface area (Å²) in [5, 5.41) is 0. The Balaban J connectivity index is 2.86. The van der Waals surface area contributed by atoms with Gasteiger partial charge in [-0.25, -0.2) is 4.39 Å². The molecule has 19 heavy (non-hydrogen) atoms. The molecule has 0 heterocycles. The lowest BCUT2D eigenvalue weighted by atomic mass is 10.1. The average Bonchev–Trinajstić information content (AvgIpc) is 2.37. The van der Waals surface area contributed by atoms with Crippen molar-refractivity contribution in [2.75, 3.05) is 13.6 Å². The van der Waals surface area contributed by atoms with Crippen LogP contribution in [0.2, 0.25) is 0 Å². The van der Waals surface area contributed by atoms with Gasteiger partial charge in [0.15, 0.2) is 0 Å². The van der Waals surface area contributed by atoms with Crippen LogP contribution in [0, 0.1) is 17.7 Å². The fourth-order valence-electron chi connectivity index (χ4n) is 2.30. The van der Waals surface area contributed by atoms with Crippen molar-refractivity contribution in [1.82, 2.24) is 4.90 Å². The summed E-state index contributed by atoms with van der Waals surface area (Å²) in [6.07, 6.45) is 2.20. The van der Waals surface area contributed by atoms with Gasteiger partial charge in [-0.15, -0.1) is 0 Å². The zero-order valence-electron chi connectivity index (χ0n) is 12.0. The molecule has 0 saturated heterocycles. The molecular weight excluding hydrogens is 239 g/mol. The van der Waals surface area contributed by atoms with E-state index < -0.39 is 0 Å². The van der Waals surface area contributed by atoms with Crippen LogP contribution in [0.25, 0.3) is 0 Å². The molecule has 0 fully saturated rings. The van der Waals surface area contributed by atoms with Crippen LogP contribution in [-0.2, 0) is 6.54 Å². The number of halogens is 1. The summed E-state index contributed by atoms with van der Waals surface area (Å²) < 4.78 is 13.6. The first kappa shape index (κ1) is 15.7. The third kappa shape index (κ3) is 5.02. The molecule has 2 N–H and O–H groups in total. The van der Waals surface area contributed by atoms with Gasteiger partial charge in [-0.05, 0) is 43.7 Å². The van der Waals surface area contributed by atoms with Gasteiger partial charge in [0.1, 0.15) is 5.82 Å². The molecule has 0 aliphatic carbocycles. The summed E-state index contributed by atoms with van der Waals surface area (Å²) in [6, 6.07) is 5.49. The zero-order valence-corrected chi connectivity index (χ0v) is 12.0. The molecule has 3 heteroatoms. The maximum Gasteiger partial charge on any atom is 0.124 e. The zero-order chi connectivity index (χ0) is 14.3. The van der Waals surface area contributed by atoms with Gasteiger partial charge in [-0.1, -0.05) is 25.7 Å². The number of hydrogen-bond donors (Lipinski definition) is 1. The number of hydrogen-bond acceptors (Lipinski definition) is 2. The topological polar surface area (TPSA) is 29.3 Å². The van der Waals surface area contributed by atoms with E-state index in [-0.39, 0.29) is 5.82 Å². The second-order valence-electron chi connectivity index (χ2n) is 4.74. The highest BCUT2D eigenvalue weighted by Crippen LogP contribution is 2.14. The van der Waals surface area contributed by atoms with Crippen molar-refractivity contribution < 1.29 is 4.39 Å². The van der Waals surface area contributed by atoms with Crippen molar-refractivity contribution in [2.24, 2.45) is 5.73 Å². The molecule has 1 aromatic rings. The highest BCUT2D eigenvalue weighted by atomic mass is 19.1. The van der Waals surface area contributed by atoms with Crippen LogP contribution in [0.4, 0.5) is 4.39 Å². The van der Waals surface area contributed by atoms with E-state index in [1.54, 1.807) is 6.07 Å². The van der Waals surface area contributed by atoms with Gasteiger partial charge < -0.3 is 5.73 Å². The van der Waals surface area contributed by atoms with Crippen LogP contribution in [-0.4, -0.2) is 24.5 Å². The monoisotopic (exact) mass is 262 g/mol. The van der Waals surface area contributed by atoms with Crippen molar-refractivity contribution in [3.63, 3.8) is 0 Å². The predicted molar refractivity (Wildman–Crippen MR) is 78.2 cm³/mol. The van der Waals surface area contributed by atoms with E-state index in [1.165, 1.54) is 6.07 Å². The van der Waals surface area contributed by atoms with Crippen molar-refractivity contribution in [2.45, 2.75) is 39.3 Å². The van der Waals surface area contributed by atoms with E-state index in [9.17, 15) is 4.39 Å². The van der Waals surface area contributed by atoms with E-state index in [0.29, 0.717) is 18.2 Å². The lowest BCUT2D eigenvalue weighted by molar-refractivity contribution is 0.221. The Morgan fingerprint density at radius 3 is 2.53 bits per heavy atom. The van der Waals surface area contributed by atoms with Gasteiger partial charge in [-0.2, -0.15) is 0 Å². The maximum atomic E-state index is 13.6. The Kier molecular flexibility index (Phi) is 6.55. The van der Waals surface area contributed by atoms with Crippen LogP contribution in [0.5, 0.6) is 0 Å². The summed E-state index contributed by atoms with van der Waals surface area (Å²) in [7, 11) is 2.08. The SMILES string of the molecule is CCC(CC)N(C)Cc1cc(F)cc(C#CCN)c1. The van der Waals surface area contributed by atoms with Gasteiger partial charge >= 0.3 is 0 Å². The van der Waals surface area contributed by atoms with E-state index in [1.807, 2.05) is 6.07 Å². The highest BCUT2D eigenvalue weighted by molar-refractivity contribution is 5.38. The Hall–Kier alpha value is -1.37. The molecule has 0 bridgehead atoms. The predicted octanol–water partition coefficient (Wildman–Crippen LogP) is 2.76. The van der Waals surface area contributed by atoms with Crippen molar-refractivity contribution >= 4 is 0 Å². The molecule has 2 nitrogen and oxygen atoms in total. The van der Waals surface area contributed by atoms with E-state index in [0.717, 1.165) is 24.9 Å². The number of nitrogens with zero attached hydrogens (tertiary/aromatic N) is 1. The minimum absolute atomic E-state index is 0.239. The van der Waals surface area contributed by atoms with Crippen molar-refractivity contribution in [3.8, 4) is 11.8 Å². The molecular formula is C16H23FN2. The summed E-state index contributed by atoms with van der Waals surface area (Å²) in [6.45, 7) is 5.38. The molecule has 0 aliphatic heterocycles. The van der Waals surface area contributed by atoms with Crippen LogP contribution >= 0.6 is 0 Å². The third-order valence-corrected chi connectivity index (χ3v) is 3.29.